The van der Waals surface area contributed by atoms with E-state index in [-0.39, 0.29) is 29.8 Å². The smallest absolute Gasteiger partial charge is 0.261 e. The Bertz CT molecular complexity index is 1100. The lowest BCUT2D eigenvalue weighted by molar-refractivity contribution is -0.132. The molecule has 0 atom stereocenters. The third-order valence-electron chi connectivity index (χ3n) is 5.52. The number of hydrogen-bond donors (Lipinski definition) is 1. The molecular weight excluding hydrogens is 380 g/mol. The normalized spacial score (nSPS) is 14.6. The number of piperidine rings is 1. The number of fused-ring (bicyclic) bond motifs is 1. The van der Waals surface area contributed by atoms with E-state index >= 15 is 0 Å². The average Bonchev–Trinajstić information content (AvgIpc) is 2.79. The highest BCUT2D eigenvalue weighted by molar-refractivity contribution is 5.94. The van der Waals surface area contributed by atoms with Crippen molar-refractivity contribution in [3.63, 3.8) is 0 Å². The van der Waals surface area contributed by atoms with E-state index in [0.717, 1.165) is 12.8 Å². The molecule has 1 aliphatic heterocycles. The van der Waals surface area contributed by atoms with Gasteiger partial charge in [0.05, 0.1) is 17.2 Å². The Morgan fingerprint density at radius 1 is 1.00 bits per heavy atom. The number of carbonyl (C=O) groups is 2. The maximum Gasteiger partial charge on any atom is 0.261 e. The number of amides is 2. The summed E-state index contributed by atoms with van der Waals surface area (Å²) in [6.07, 6.45) is 3.20. The maximum atomic E-state index is 12.6. The monoisotopic (exact) mass is 404 g/mol. The first kappa shape index (κ1) is 19.8. The molecule has 3 aromatic rings. The van der Waals surface area contributed by atoms with Crippen LogP contribution in [0.5, 0.6) is 0 Å². The van der Waals surface area contributed by atoms with Crippen LogP contribution in [0, 0.1) is 0 Å². The fourth-order valence-electron chi connectivity index (χ4n) is 3.77. The van der Waals surface area contributed by atoms with Gasteiger partial charge in [-0.2, -0.15) is 0 Å². The minimum Gasteiger partial charge on any atom is -0.349 e. The molecule has 4 rings (SSSR count). The molecule has 2 heterocycles. The molecule has 2 aromatic carbocycles. The second-order valence-electron chi connectivity index (χ2n) is 7.50. The third kappa shape index (κ3) is 4.40. The molecule has 0 aliphatic carbocycles. The molecule has 1 aliphatic rings. The number of likely N-dealkylation sites (tertiary alicyclic amines) is 1. The minimum absolute atomic E-state index is 0.0166. The highest BCUT2D eigenvalue weighted by Gasteiger charge is 2.24. The first-order chi connectivity index (χ1) is 14.6. The third-order valence-corrected chi connectivity index (χ3v) is 5.52. The summed E-state index contributed by atoms with van der Waals surface area (Å²) in [4.78, 5) is 43.5. The molecule has 7 nitrogen and oxygen atoms in total. The van der Waals surface area contributed by atoms with E-state index in [0.29, 0.717) is 36.1 Å². The van der Waals surface area contributed by atoms with Crippen LogP contribution in [0.15, 0.2) is 65.7 Å². The number of rotatable bonds is 5. The average molecular weight is 404 g/mol. The standard InChI is InChI=1S/C23H24N4O3/c28-21(12-15-27-16-24-20-9-5-4-8-19(20)23(27)30)26-13-10-18(11-14-26)25-22(29)17-6-2-1-3-7-17/h1-9,16,18H,10-15H2,(H,25,29). The topological polar surface area (TPSA) is 84.3 Å². The van der Waals surface area contributed by atoms with E-state index in [1.807, 2.05) is 35.2 Å². The van der Waals surface area contributed by atoms with Crippen molar-refractivity contribution in [1.82, 2.24) is 19.8 Å². The molecular formula is C23H24N4O3. The molecule has 1 fully saturated rings. The molecule has 0 radical (unpaired) electrons. The number of hydrogen-bond acceptors (Lipinski definition) is 4. The fourth-order valence-corrected chi connectivity index (χ4v) is 3.77. The van der Waals surface area contributed by atoms with Gasteiger partial charge < -0.3 is 10.2 Å². The first-order valence-corrected chi connectivity index (χ1v) is 10.2. The zero-order chi connectivity index (χ0) is 20.9. The molecule has 0 saturated carbocycles. The van der Waals surface area contributed by atoms with Crippen LogP contribution in [0.25, 0.3) is 10.9 Å². The van der Waals surface area contributed by atoms with Crippen LogP contribution in [-0.2, 0) is 11.3 Å². The van der Waals surface area contributed by atoms with Gasteiger partial charge >= 0.3 is 0 Å². The van der Waals surface area contributed by atoms with Crippen LogP contribution in [0.1, 0.15) is 29.6 Å². The van der Waals surface area contributed by atoms with Crippen molar-refractivity contribution < 1.29 is 9.59 Å². The molecule has 0 unspecified atom stereocenters. The van der Waals surface area contributed by atoms with Crippen LogP contribution in [0.4, 0.5) is 0 Å². The largest absolute Gasteiger partial charge is 0.349 e. The molecule has 2 amide bonds. The Hall–Kier alpha value is -3.48. The lowest BCUT2D eigenvalue weighted by Gasteiger charge is -2.32. The Morgan fingerprint density at radius 3 is 2.47 bits per heavy atom. The number of carbonyl (C=O) groups excluding carboxylic acids is 2. The summed E-state index contributed by atoms with van der Waals surface area (Å²) < 4.78 is 1.49. The predicted octanol–water partition coefficient (Wildman–Crippen LogP) is 2.21. The molecule has 154 valence electrons. The zero-order valence-corrected chi connectivity index (χ0v) is 16.7. The van der Waals surface area contributed by atoms with E-state index in [1.165, 1.54) is 10.9 Å². The summed E-state index contributed by atoms with van der Waals surface area (Å²) in [5.41, 5.74) is 1.17. The molecule has 30 heavy (non-hydrogen) atoms. The van der Waals surface area contributed by atoms with Crippen molar-refractivity contribution in [2.75, 3.05) is 13.1 Å². The second kappa shape index (κ2) is 8.90. The van der Waals surface area contributed by atoms with Crippen LogP contribution < -0.4 is 10.9 Å². The Balaban J connectivity index is 1.28. The van der Waals surface area contributed by atoms with Crippen LogP contribution >= 0.6 is 0 Å². The lowest BCUT2D eigenvalue weighted by atomic mass is 10.0. The predicted molar refractivity (Wildman–Crippen MR) is 114 cm³/mol. The number of nitrogens with one attached hydrogen (secondary N) is 1. The van der Waals surface area contributed by atoms with E-state index < -0.39 is 0 Å². The summed E-state index contributed by atoms with van der Waals surface area (Å²) in [6, 6.07) is 16.4. The molecule has 0 spiro atoms. The summed E-state index contributed by atoms with van der Waals surface area (Å²) in [5.74, 6) is -0.0635. The van der Waals surface area contributed by atoms with Gasteiger partial charge in [-0.25, -0.2) is 4.98 Å². The van der Waals surface area contributed by atoms with Crippen molar-refractivity contribution in [2.45, 2.75) is 31.8 Å². The highest BCUT2D eigenvalue weighted by atomic mass is 16.2. The summed E-state index contributed by atoms with van der Waals surface area (Å²) in [7, 11) is 0. The Labute approximate surface area is 174 Å². The zero-order valence-electron chi connectivity index (χ0n) is 16.7. The number of benzene rings is 2. The van der Waals surface area contributed by atoms with E-state index in [9.17, 15) is 14.4 Å². The van der Waals surface area contributed by atoms with Gasteiger partial charge in [0.25, 0.3) is 11.5 Å². The summed E-state index contributed by atoms with van der Waals surface area (Å²) >= 11 is 0. The van der Waals surface area contributed by atoms with Crippen LogP contribution in [-0.4, -0.2) is 45.4 Å². The van der Waals surface area contributed by atoms with Gasteiger partial charge in [0.2, 0.25) is 5.91 Å². The number of para-hydroxylation sites is 1. The maximum absolute atomic E-state index is 12.6. The van der Waals surface area contributed by atoms with Gasteiger partial charge in [-0.05, 0) is 37.1 Å². The Kier molecular flexibility index (Phi) is 5.88. The summed E-state index contributed by atoms with van der Waals surface area (Å²) in [6.45, 7) is 1.51. The first-order valence-electron chi connectivity index (χ1n) is 10.2. The van der Waals surface area contributed by atoms with Crippen LogP contribution in [0.3, 0.4) is 0 Å². The number of nitrogens with zero attached hydrogens (tertiary/aromatic N) is 3. The van der Waals surface area contributed by atoms with Gasteiger partial charge in [0.15, 0.2) is 0 Å². The molecule has 1 N–H and O–H groups in total. The van der Waals surface area contributed by atoms with E-state index in [4.69, 9.17) is 0 Å². The highest BCUT2D eigenvalue weighted by Crippen LogP contribution is 2.13. The molecule has 7 heteroatoms. The van der Waals surface area contributed by atoms with Crippen molar-refractivity contribution in [2.24, 2.45) is 0 Å². The molecule has 0 bridgehead atoms. The van der Waals surface area contributed by atoms with Gasteiger partial charge in [-0.1, -0.05) is 30.3 Å². The number of aryl methyl sites for hydroxylation is 1. The Morgan fingerprint density at radius 2 is 1.70 bits per heavy atom. The summed E-state index contributed by atoms with van der Waals surface area (Å²) in [5, 5.41) is 3.60. The fraction of sp³-hybridized carbons (Fsp3) is 0.304. The van der Waals surface area contributed by atoms with E-state index in [2.05, 4.69) is 10.3 Å². The van der Waals surface area contributed by atoms with Gasteiger partial charge in [-0.15, -0.1) is 0 Å². The minimum atomic E-state index is -0.129. The van der Waals surface area contributed by atoms with E-state index in [1.54, 1.807) is 24.3 Å². The van der Waals surface area contributed by atoms with Crippen molar-refractivity contribution in [3.05, 3.63) is 76.8 Å². The molecule has 1 saturated heterocycles. The van der Waals surface area contributed by atoms with Crippen molar-refractivity contribution in [1.29, 1.82) is 0 Å². The van der Waals surface area contributed by atoms with Gasteiger partial charge in [0.1, 0.15) is 0 Å². The van der Waals surface area contributed by atoms with Crippen molar-refractivity contribution >= 4 is 22.7 Å². The second-order valence-corrected chi connectivity index (χ2v) is 7.50. The molecule has 1 aromatic heterocycles. The van der Waals surface area contributed by atoms with Crippen LogP contribution in [0.2, 0.25) is 0 Å². The lowest BCUT2D eigenvalue weighted by Crippen LogP contribution is -2.46. The van der Waals surface area contributed by atoms with Gasteiger partial charge in [0, 0.05) is 37.7 Å². The van der Waals surface area contributed by atoms with Crippen molar-refractivity contribution in [3.8, 4) is 0 Å². The number of aromatic nitrogens is 2. The quantitative estimate of drug-likeness (QED) is 0.707. The SMILES string of the molecule is O=C(NC1CCN(C(=O)CCn2cnc3ccccc3c2=O)CC1)c1ccccc1. The van der Waals surface area contributed by atoms with Gasteiger partial charge in [-0.3, -0.25) is 19.0 Å².